The lowest BCUT2D eigenvalue weighted by molar-refractivity contribution is 0.0691. The molecule has 124 valence electrons. The van der Waals surface area contributed by atoms with Crippen molar-refractivity contribution in [1.29, 1.82) is 0 Å². The third-order valence-corrected chi connectivity index (χ3v) is 3.68. The van der Waals surface area contributed by atoms with E-state index in [-0.39, 0.29) is 17.3 Å². The van der Waals surface area contributed by atoms with Gasteiger partial charge in [-0.15, -0.1) is 4.80 Å². The molecule has 0 aliphatic heterocycles. The third kappa shape index (κ3) is 2.36. The zero-order valence-electron chi connectivity index (χ0n) is 13.0. The van der Waals surface area contributed by atoms with E-state index < -0.39 is 5.97 Å². The summed E-state index contributed by atoms with van der Waals surface area (Å²) >= 11 is 0. The highest BCUT2D eigenvalue weighted by Crippen LogP contribution is 2.25. The topological polar surface area (TPSA) is 137 Å². The van der Waals surface area contributed by atoms with Gasteiger partial charge in [-0.25, -0.2) is 19.7 Å². The highest BCUT2D eigenvalue weighted by Gasteiger charge is 2.20. The number of nitrogen functional groups attached to an aromatic ring is 1. The fraction of sp³-hybridized carbons (Fsp3) is 0.0667. The van der Waals surface area contributed by atoms with Crippen molar-refractivity contribution in [3.8, 4) is 17.1 Å². The molecule has 0 saturated carbocycles. The fourth-order valence-electron chi connectivity index (χ4n) is 2.50. The summed E-state index contributed by atoms with van der Waals surface area (Å²) in [4.78, 5) is 25.3. The minimum atomic E-state index is -1.26. The zero-order chi connectivity index (χ0) is 17.6. The van der Waals surface area contributed by atoms with E-state index in [1.54, 1.807) is 24.5 Å². The number of aromatic nitrogens is 7. The Labute approximate surface area is 140 Å². The van der Waals surface area contributed by atoms with Gasteiger partial charge in [-0.3, -0.25) is 0 Å². The van der Waals surface area contributed by atoms with Crippen LogP contribution in [0.4, 0.5) is 5.82 Å². The van der Waals surface area contributed by atoms with Crippen LogP contribution in [0.1, 0.15) is 16.2 Å². The molecule has 4 aromatic heterocycles. The van der Waals surface area contributed by atoms with E-state index in [1.807, 2.05) is 11.3 Å². The second-order valence-corrected chi connectivity index (χ2v) is 5.30. The zero-order valence-corrected chi connectivity index (χ0v) is 13.0. The molecule has 3 N–H and O–H groups in total. The number of anilines is 1. The van der Waals surface area contributed by atoms with Gasteiger partial charge in [-0.1, -0.05) is 0 Å². The molecule has 10 heteroatoms. The molecule has 0 aromatic carbocycles. The van der Waals surface area contributed by atoms with E-state index in [0.29, 0.717) is 11.3 Å². The summed E-state index contributed by atoms with van der Waals surface area (Å²) in [5.74, 6) is -1.22. The maximum absolute atomic E-state index is 11.4. The van der Waals surface area contributed by atoms with Crippen molar-refractivity contribution in [3.05, 3.63) is 48.3 Å². The lowest BCUT2D eigenvalue weighted by atomic mass is 10.2. The van der Waals surface area contributed by atoms with Gasteiger partial charge in [-0.05, 0) is 19.1 Å². The van der Waals surface area contributed by atoms with Crippen LogP contribution in [0.25, 0.3) is 22.7 Å². The lowest BCUT2D eigenvalue weighted by Crippen LogP contribution is -2.14. The maximum atomic E-state index is 11.4. The Bertz CT molecular complexity index is 1100. The smallest absolute Gasteiger partial charge is 0.358 e. The van der Waals surface area contributed by atoms with Crippen molar-refractivity contribution in [2.75, 3.05) is 5.73 Å². The normalized spacial score (nSPS) is 11.1. The number of aromatic carboxylic acids is 1. The van der Waals surface area contributed by atoms with Crippen LogP contribution in [0.2, 0.25) is 0 Å². The first-order valence-corrected chi connectivity index (χ1v) is 7.26. The van der Waals surface area contributed by atoms with Crippen molar-refractivity contribution in [2.24, 2.45) is 0 Å². The Kier molecular flexibility index (Phi) is 3.17. The largest absolute Gasteiger partial charge is 0.476 e. The summed E-state index contributed by atoms with van der Waals surface area (Å²) < 4.78 is 1.87. The third-order valence-electron chi connectivity index (χ3n) is 3.68. The lowest BCUT2D eigenvalue weighted by Gasteiger charge is -2.10. The van der Waals surface area contributed by atoms with Crippen LogP contribution in [0.5, 0.6) is 0 Å². The number of rotatable bonds is 3. The summed E-state index contributed by atoms with van der Waals surface area (Å²) in [5, 5.41) is 17.4. The molecule has 0 fully saturated rings. The predicted molar refractivity (Wildman–Crippen MR) is 87.2 cm³/mol. The molecule has 25 heavy (non-hydrogen) atoms. The van der Waals surface area contributed by atoms with Gasteiger partial charge in [0, 0.05) is 23.7 Å². The van der Waals surface area contributed by atoms with Gasteiger partial charge in [0.25, 0.3) is 0 Å². The Morgan fingerprint density at radius 2 is 1.96 bits per heavy atom. The SMILES string of the molecule is Cc1cnc2ccc(-c3nc(C(=O)O)c(N)nc3-n3nccn3)cn12. The quantitative estimate of drug-likeness (QED) is 0.564. The molecular weight excluding hydrogens is 324 g/mol. The van der Waals surface area contributed by atoms with Crippen molar-refractivity contribution < 1.29 is 9.90 Å². The minimum Gasteiger partial charge on any atom is -0.476 e. The van der Waals surface area contributed by atoms with Crippen molar-refractivity contribution in [1.82, 2.24) is 34.3 Å². The molecule has 4 rings (SSSR count). The van der Waals surface area contributed by atoms with Gasteiger partial charge in [0.2, 0.25) is 5.82 Å². The first-order valence-electron chi connectivity index (χ1n) is 7.26. The molecule has 4 heterocycles. The standard InChI is InChI=1S/C15H12N8O2/c1-8-6-17-10-3-2-9(7-22(8)10)11-14(23-18-4-5-19-23)21-13(16)12(20-11)15(24)25/h2-7H,1H3,(H2,16,21)(H,24,25). The number of nitrogens with two attached hydrogens (primary N) is 1. The first-order chi connectivity index (χ1) is 12.0. The Morgan fingerprint density at radius 1 is 1.20 bits per heavy atom. The molecule has 0 saturated heterocycles. The van der Waals surface area contributed by atoms with Crippen molar-refractivity contribution >= 4 is 17.4 Å². The number of pyridine rings is 1. The van der Waals surface area contributed by atoms with Gasteiger partial charge in [0.1, 0.15) is 11.3 Å². The van der Waals surface area contributed by atoms with E-state index in [2.05, 4.69) is 25.1 Å². The molecule has 0 radical (unpaired) electrons. The highest BCUT2D eigenvalue weighted by molar-refractivity contribution is 5.91. The molecule has 0 bridgehead atoms. The van der Waals surface area contributed by atoms with E-state index in [4.69, 9.17) is 5.73 Å². The van der Waals surface area contributed by atoms with Gasteiger partial charge < -0.3 is 15.2 Å². The molecule has 0 spiro atoms. The number of nitrogens with zero attached hydrogens (tertiary/aromatic N) is 7. The first kappa shape index (κ1) is 14.8. The van der Waals surface area contributed by atoms with Crippen LogP contribution in [0.3, 0.4) is 0 Å². The Balaban J connectivity index is 2.01. The molecule has 0 atom stereocenters. The number of carboxylic acids is 1. The molecule has 0 aliphatic rings. The minimum absolute atomic E-state index is 0.205. The monoisotopic (exact) mass is 336 g/mol. The highest BCUT2D eigenvalue weighted by atomic mass is 16.4. The van der Waals surface area contributed by atoms with Crippen LogP contribution < -0.4 is 5.73 Å². The Hall–Kier alpha value is -3.82. The number of imidazole rings is 1. The second kappa shape index (κ2) is 5.37. The van der Waals surface area contributed by atoms with Crippen LogP contribution in [0, 0.1) is 6.92 Å². The molecule has 0 aliphatic carbocycles. The average Bonchev–Trinajstić information content (AvgIpc) is 3.24. The van der Waals surface area contributed by atoms with Gasteiger partial charge in [0.05, 0.1) is 12.4 Å². The average molecular weight is 336 g/mol. The van der Waals surface area contributed by atoms with E-state index in [1.165, 1.54) is 17.2 Å². The van der Waals surface area contributed by atoms with Crippen LogP contribution >= 0.6 is 0 Å². The molecule has 10 nitrogen and oxygen atoms in total. The summed E-state index contributed by atoms with van der Waals surface area (Å²) in [6.07, 6.45) is 6.51. The van der Waals surface area contributed by atoms with Crippen molar-refractivity contribution in [2.45, 2.75) is 6.92 Å². The summed E-state index contributed by atoms with van der Waals surface area (Å²) in [6, 6.07) is 3.59. The van der Waals surface area contributed by atoms with E-state index in [0.717, 1.165) is 11.3 Å². The maximum Gasteiger partial charge on any atom is 0.358 e. The van der Waals surface area contributed by atoms with Crippen LogP contribution in [-0.4, -0.2) is 45.4 Å². The summed E-state index contributed by atoms with van der Waals surface area (Å²) in [7, 11) is 0. The van der Waals surface area contributed by atoms with Gasteiger partial charge in [-0.2, -0.15) is 10.2 Å². The van der Waals surface area contributed by atoms with Crippen LogP contribution in [-0.2, 0) is 0 Å². The van der Waals surface area contributed by atoms with E-state index >= 15 is 0 Å². The summed E-state index contributed by atoms with van der Waals surface area (Å²) in [5.41, 5.74) is 8.04. The second-order valence-electron chi connectivity index (χ2n) is 5.30. The van der Waals surface area contributed by atoms with Gasteiger partial charge >= 0.3 is 5.97 Å². The Morgan fingerprint density at radius 3 is 2.68 bits per heavy atom. The molecular formula is C15H12N8O2. The van der Waals surface area contributed by atoms with Gasteiger partial charge in [0.15, 0.2) is 11.5 Å². The number of aryl methyl sites for hydroxylation is 1. The molecule has 0 unspecified atom stereocenters. The van der Waals surface area contributed by atoms with E-state index in [9.17, 15) is 9.90 Å². The van der Waals surface area contributed by atoms with Crippen LogP contribution in [0.15, 0.2) is 36.9 Å². The number of carboxylic acid groups (broad SMARTS) is 1. The number of carbonyl (C=O) groups is 1. The molecule has 4 aromatic rings. The number of fused-ring (bicyclic) bond motifs is 1. The number of hydrogen-bond acceptors (Lipinski definition) is 7. The summed E-state index contributed by atoms with van der Waals surface area (Å²) in [6.45, 7) is 1.91. The number of hydrogen-bond donors (Lipinski definition) is 2. The fourth-order valence-corrected chi connectivity index (χ4v) is 2.50. The van der Waals surface area contributed by atoms with Crippen molar-refractivity contribution in [3.63, 3.8) is 0 Å². The predicted octanol–water partition coefficient (Wildman–Crippen LogP) is 0.961. The molecule has 0 amide bonds.